The van der Waals surface area contributed by atoms with Gasteiger partial charge in [-0.2, -0.15) is 0 Å². The van der Waals surface area contributed by atoms with Crippen molar-refractivity contribution in [3.8, 4) is 0 Å². The Bertz CT molecular complexity index is 367. The fraction of sp³-hybridized carbons (Fsp3) is 0.867. The van der Waals surface area contributed by atoms with E-state index in [4.69, 9.17) is 9.84 Å². The van der Waals surface area contributed by atoms with E-state index in [-0.39, 0.29) is 24.7 Å². The Labute approximate surface area is 126 Å². The SMILES string of the molecule is CCOC1CCCN(C(=O)N(CC(=O)O)C2CCCC2)C1. The van der Waals surface area contributed by atoms with E-state index in [1.807, 2.05) is 6.92 Å². The number of carboxylic acid groups (broad SMARTS) is 1. The lowest BCUT2D eigenvalue weighted by Gasteiger charge is -2.37. The minimum absolute atomic E-state index is 0.0843. The maximum absolute atomic E-state index is 12.7. The van der Waals surface area contributed by atoms with Crippen LogP contribution in [0.25, 0.3) is 0 Å². The average molecular weight is 298 g/mol. The summed E-state index contributed by atoms with van der Waals surface area (Å²) in [5.41, 5.74) is 0. The Morgan fingerprint density at radius 2 is 1.95 bits per heavy atom. The number of likely N-dealkylation sites (tertiary alicyclic amines) is 1. The molecule has 2 rings (SSSR count). The molecule has 1 saturated carbocycles. The number of aliphatic carboxylic acids is 1. The molecule has 120 valence electrons. The van der Waals surface area contributed by atoms with Gasteiger partial charge in [-0.3, -0.25) is 4.79 Å². The van der Waals surface area contributed by atoms with Crippen molar-refractivity contribution >= 4 is 12.0 Å². The number of carboxylic acids is 1. The third-order valence-corrected chi connectivity index (χ3v) is 4.37. The highest BCUT2D eigenvalue weighted by molar-refractivity contribution is 5.80. The summed E-state index contributed by atoms with van der Waals surface area (Å²) in [7, 11) is 0. The first-order chi connectivity index (χ1) is 10.1. The molecule has 21 heavy (non-hydrogen) atoms. The van der Waals surface area contributed by atoms with Gasteiger partial charge in [-0.25, -0.2) is 4.79 Å². The van der Waals surface area contributed by atoms with E-state index in [2.05, 4.69) is 0 Å². The van der Waals surface area contributed by atoms with Crippen LogP contribution in [0.3, 0.4) is 0 Å². The molecule has 1 atom stereocenters. The number of piperidine rings is 1. The summed E-state index contributed by atoms with van der Waals surface area (Å²) in [6.07, 6.45) is 5.97. The number of carbonyl (C=O) groups is 2. The zero-order valence-electron chi connectivity index (χ0n) is 12.8. The van der Waals surface area contributed by atoms with Crippen LogP contribution in [0.5, 0.6) is 0 Å². The highest BCUT2D eigenvalue weighted by atomic mass is 16.5. The molecule has 2 amide bonds. The third-order valence-electron chi connectivity index (χ3n) is 4.37. The predicted molar refractivity (Wildman–Crippen MR) is 78.2 cm³/mol. The normalized spacial score (nSPS) is 23.3. The molecule has 0 aromatic carbocycles. The van der Waals surface area contributed by atoms with Crippen molar-refractivity contribution in [2.24, 2.45) is 0 Å². The van der Waals surface area contributed by atoms with Gasteiger partial charge >= 0.3 is 12.0 Å². The van der Waals surface area contributed by atoms with Crippen molar-refractivity contribution in [2.45, 2.75) is 57.6 Å². The fourth-order valence-corrected chi connectivity index (χ4v) is 3.38. The van der Waals surface area contributed by atoms with E-state index < -0.39 is 5.97 Å². The van der Waals surface area contributed by atoms with Gasteiger partial charge < -0.3 is 19.6 Å². The lowest BCUT2D eigenvalue weighted by molar-refractivity contribution is -0.138. The van der Waals surface area contributed by atoms with E-state index in [0.717, 1.165) is 38.5 Å². The van der Waals surface area contributed by atoms with Gasteiger partial charge in [-0.15, -0.1) is 0 Å². The maximum Gasteiger partial charge on any atom is 0.323 e. The molecule has 0 bridgehead atoms. The van der Waals surface area contributed by atoms with Crippen molar-refractivity contribution in [3.05, 3.63) is 0 Å². The molecule has 1 N–H and O–H groups in total. The lowest BCUT2D eigenvalue weighted by Crippen LogP contribution is -2.53. The average Bonchev–Trinajstić information content (AvgIpc) is 2.98. The standard InChI is InChI=1S/C15H26N2O4/c1-2-21-13-8-5-9-16(10-13)15(20)17(11-14(18)19)12-6-3-4-7-12/h12-13H,2-11H2,1H3,(H,18,19). The quantitative estimate of drug-likeness (QED) is 0.842. The largest absolute Gasteiger partial charge is 0.480 e. The molecule has 0 aromatic heterocycles. The van der Waals surface area contributed by atoms with E-state index in [1.54, 1.807) is 9.80 Å². The Hall–Kier alpha value is -1.30. The first-order valence-electron chi connectivity index (χ1n) is 8.00. The van der Waals surface area contributed by atoms with E-state index in [0.29, 0.717) is 19.7 Å². The van der Waals surface area contributed by atoms with Crippen molar-refractivity contribution in [1.29, 1.82) is 0 Å². The summed E-state index contributed by atoms with van der Waals surface area (Å²) in [5, 5.41) is 9.09. The predicted octanol–water partition coefficient (Wildman–Crippen LogP) is 1.94. The van der Waals surface area contributed by atoms with E-state index >= 15 is 0 Å². The Morgan fingerprint density at radius 3 is 2.57 bits per heavy atom. The minimum atomic E-state index is -0.936. The summed E-state index contributed by atoms with van der Waals surface area (Å²) in [4.78, 5) is 27.1. The van der Waals surface area contributed by atoms with Crippen molar-refractivity contribution < 1.29 is 19.4 Å². The molecule has 1 heterocycles. The minimum Gasteiger partial charge on any atom is -0.480 e. The monoisotopic (exact) mass is 298 g/mol. The lowest BCUT2D eigenvalue weighted by atomic mass is 10.1. The second-order valence-electron chi connectivity index (χ2n) is 5.91. The number of carbonyl (C=O) groups excluding carboxylic acids is 1. The number of hydrogen-bond acceptors (Lipinski definition) is 3. The Morgan fingerprint density at radius 1 is 1.24 bits per heavy atom. The number of amides is 2. The van der Waals surface area contributed by atoms with Crippen LogP contribution in [-0.2, 0) is 9.53 Å². The number of nitrogens with zero attached hydrogens (tertiary/aromatic N) is 2. The van der Waals surface area contributed by atoms with E-state index in [1.165, 1.54) is 0 Å². The molecule has 0 radical (unpaired) electrons. The fourth-order valence-electron chi connectivity index (χ4n) is 3.38. The molecule has 2 aliphatic rings. The van der Waals surface area contributed by atoms with Crippen LogP contribution in [0.4, 0.5) is 4.79 Å². The molecule has 1 saturated heterocycles. The first-order valence-corrected chi connectivity index (χ1v) is 8.00. The smallest absolute Gasteiger partial charge is 0.323 e. The zero-order chi connectivity index (χ0) is 15.2. The van der Waals surface area contributed by atoms with Crippen LogP contribution < -0.4 is 0 Å². The molecule has 6 heteroatoms. The highest BCUT2D eigenvalue weighted by Gasteiger charge is 2.33. The van der Waals surface area contributed by atoms with Gasteiger partial charge in [0.05, 0.1) is 6.10 Å². The van der Waals surface area contributed by atoms with Crippen LogP contribution in [0.1, 0.15) is 45.4 Å². The van der Waals surface area contributed by atoms with Crippen LogP contribution in [0.15, 0.2) is 0 Å². The summed E-state index contributed by atoms with van der Waals surface area (Å²) in [6.45, 7) is 3.68. The number of ether oxygens (including phenoxy) is 1. The molecule has 0 spiro atoms. The van der Waals surface area contributed by atoms with Crippen LogP contribution in [-0.4, -0.2) is 65.3 Å². The number of hydrogen-bond donors (Lipinski definition) is 1. The molecule has 2 fully saturated rings. The van der Waals surface area contributed by atoms with Gasteiger partial charge in [-0.05, 0) is 32.6 Å². The molecular weight excluding hydrogens is 272 g/mol. The Balaban J connectivity index is 2.00. The van der Waals surface area contributed by atoms with Gasteiger partial charge in [0.25, 0.3) is 0 Å². The second kappa shape index (κ2) is 7.64. The maximum atomic E-state index is 12.7. The summed E-state index contributed by atoms with van der Waals surface area (Å²) in [6, 6.07) is -0.0465. The molecule has 1 unspecified atom stereocenters. The van der Waals surface area contributed by atoms with Crippen LogP contribution in [0.2, 0.25) is 0 Å². The van der Waals surface area contributed by atoms with Gasteiger partial charge in [0, 0.05) is 25.7 Å². The molecule has 0 aromatic rings. The van der Waals surface area contributed by atoms with Crippen molar-refractivity contribution in [2.75, 3.05) is 26.2 Å². The first kappa shape index (κ1) is 16.1. The summed E-state index contributed by atoms with van der Waals surface area (Å²) in [5.74, 6) is -0.936. The number of urea groups is 1. The third kappa shape index (κ3) is 4.33. The van der Waals surface area contributed by atoms with Crippen molar-refractivity contribution in [1.82, 2.24) is 9.80 Å². The molecular formula is C15H26N2O4. The molecule has 6 nitrogen and oxygen atoms in total. The van der Waals surface area contributed by atoms with Crippen LogP contribution in [0, 0.1) is 0 Å². The molecule has 1 aliphatic heterocycles. The Kier molecular flexibility index (Phi) is 5.85. The topological polar surface area (TPSA) is 70.1 Å². The second-order valence-corrected chi connectivity index (χ2v) is 5.91. The zero-order valence-corrected chi connectivity index (χ0v) is 12.8. The number of rotatable bonds is 5. The van der Waals surface area contributed by atoms with Crippen molar-refractivity contribution in [3.63, 3.8) is 0 Å². The van der Waals surface area contributed by atoms with Gasteiger partial charge in [-0.1, -0.05) is 12.8 Å². The van der Waals surface area contributed by atoms with E-state index in [9.17, 15) is 9.59 Å². The van der Waals surface area contributed by atoms with Gasteiger partial charge in [0.15, 0.2) is 0 Å². The van der Waals surface area contributed by atoms with Gasteiger partial charge in [0.1, 0.15) is 6.54 Å². The summed E-state index contributed by atoms with van der Waals surface area (Å²) < 4.78 is 5.62. The van der Waals surface area contributed by atoms with Crippen LogP contribution >= 0.6 is 0 Å². The van der Waals surface area contributed by atoms with Gasteiger partial charge in [0.2, 0.25) is 0 Å². The highest BCUT2D eigenvalue weighted by Crippen LogP contribution is 2.25. The molecule has 1 aliphatic carbocycles. The summed E-state index contributed by atoms with van der Waals surface area (Å²) >= 11 is 0.